The second-order valence-corrected chi connectivity index (χ2v) is 7.90. The average molecular weight is 417 g/mol. The molecule has 1 aliphatic carbocycles. The first-order valence-corrected chi connectivity index (χ1v) is 9.22. The Kier molecular flexibility index (Phi) is 5.32. The second-order valence-electron chi connectivity index (χ2n) is 7.11. The molecular formula is C20H21BrN2O3. The van der Waals surface area contributed by atoms with E-state index >= 15 is 0 Å². The fourth-order valence-electron chi connectivity index (χ4n) is 3.09. The van der Waals surface area contributed by atoms with Crippen LogP contribution < -0.4 is 15.6 Å². The van der Waals surface area contributed by atoms with Crippen molar-refractivity contribution < 1.29 is 14.3 Å². The number of allylic oxidation sites excluding steroid dienone is 2. The monoisotopic (exact) mass is 416 g/mol. The van der Waals surface area contributed by atoms with Crippen molar-refractivity contribution in [3.8, 4) is 5.75 Å². The lowest BCUT2D eigenvalue weighted by Crippen LogP contribution is -2.41. The van der Waals surface area contributed by atoms with E-state index in [1.54, 1.807) is 0 Å². The fourth-order valence-corrected chi connectivity index (χ4v) is 3.70. The fraction of sp³-hybridized carbons (Fsp3) is 0.300. The molecule has 0 heterocycles. The van der Waals surface area contributed by atoms with Crippen molar-refractivity contribution in [3.05, 3.63) is 52.6 Å². The van der Waals surface area contributed by atoms with Gasteiger partial charge in [0.2, 0.25) is 0 Å². The zero-order valence-electron chi connectivity index (χ0n) is 14.8. The second kappa shape index (κ2) is 7.50. The number of amides is 1. The van der Waals surface area contributed by atoms with E-state index in [-0.39, 0.29) is 23.7 Å². The van der Waals surface area contributed by atoms with E-state index in [0.717, 1.165) is 15.2 Å². The van der Waals surface area contributed by atoms with Crippen molar-refractivity contribution in [2.24, 2.45) is 5.41 Å². The third-order valence-corrected chi connectivity index (χ3v) is 4.97. The number of ketones is 1. The van der Waals surface area contributed by atoms with Crippen molar-refractivity contribution >= 4 is 38.4 Å². The molecule has 3 rings (SSSR count). The van der Waals surface area contributed by atoms with Crippen molar-refractivity contribution in [1.82, 2.24) is 10.9 Å². The molecule has 0 fully saturated rings. The molecule has 0 saturated heterocycles. The van der Waals surface area contributed by atoms with Crippen LogP contribution in [0, 0.1) is 5.41 Å². The van der Waals surface area contributed by atoms with E-state index < -0.39 is 0 Å². The minimum atomic E-state index is -0.318. The van der Waals surface area contributed by atoms with E-state index in [1.807, 2.05) is 56.3 Å². The first-order chi connectivity index (χ1) is 12.3. The maximum Gasteiger partial charge on any atom is 0.276 e. The Labute approximate surface area is 160 Å². The molecule has 136 valence electrons. The average Bonchev–Trinajstić information content (AvgIpc) is 2.58. The lowest BCUT2D eigenvalue weighted by Gasteiger charge is -2.27. The normalized spacial score (nSPS) is 16.1. The summed E-state index contributed by atoms with van der Waals surface area (Å²) in [7, 11) is 0. The molecule has 0 aromatic heterocycles. The highest BCUT2D eigenvalue weighted by Gasteiger charge is 2.26. The summed E-state index contributed by atoms with van der Waals surface area (Å²) >= 11 is 3.53. The van der Waals surface area contributed by atoms with Gasteiger partial charge in [0.1, 0.15) is 11.5 Å². The molecule has 0 radical (unpaired) electrons. The Morgan fingerprint density at radius 3 is 2.77 bits per heavy atom. The maximum atomic E-state index is 12.1. The number of Topliss-reactive ketones (excluding diaryl/α,β-unsaturated/α-hetero) is 1. The molecule has 5 nitrogen and oxygen atoms in total. The van der Waals surface area contributed by atoms with Gasteiger partial charge in [-0.05, 0) is 38.2 Å². The quantitative estimate of drug-likeness (QED) is 0.725. The first-order valence-electron chi connectivity index (χ1n) is 8.42. The number of hydrogen-bond donors (Lipinski definition) is 2. The summed E-state index contributed by atoms with van der Waals surface area (Å²) in [5.41, 5.74) is 5.94. The molecule has 1 amide bonds. The minimum absolute atomic E-state index is 0.130. The zero-order valence-corrected chi connectivity index (χ0v) is 16.4. The largest absolute Gasteiger partial charge is 0.483 e. The van der Waals surface area contributed by atoms with Gasteiger partial charge in [0, 0.05) is 18.5 Å². The Balaban J connectivity index is 1.57. The van der Waals surface area contributed by atoms with E-state index in [4.69, 9.17) is 4.74 Å². The number of benzene rings is 2. The van der Waals surface area contributed by atoms with Gasteiger partial charge in [-0.1, -0.05) is 50.3 Å². The minimum Gasteiger partial charge on any atom is -0.483 e. The zero-order chi connectivity index (χ0) is 18.7. The first kappa shape index (κ1) is 18.5. The number of nitrogens with one attached hydrogen (secondary N) is 2. The molecule has 6 heteroatoms. The van der Waals surface area contributed by atoms with Crippen LogP contribution >= 0.6 is 15.9 Å². The van der Waals surface area contributed by atoms with E-state index in [9.17, 15) is 9.59 Å². The van der Waals surface area contributed by atoms with Gasteiger partial charge in [0.05, 0.1) is 4.47 Å². The lowest BCUT2D eigenvalue weighted by molar-refractivity contribution is -0.124. The van der Waals surface area contributed by atoms with Gasteiger partial charge in [0.25, 0.3) is 5.91 Å². The van der Waals surface area contributed by atoms with Crippen LogP contribution in [-0.2, 0) is 9.59 Å². The summed E-state index contributed by atoms with van der Waals surface area (Å²) in [6.07, 6.45) is 2.81. The summed E-state index contributed by atoms with van der Waals surface area (Å²) in [6, 6.07) is 11.7. The standard InChI is InChI=1S/C20H21BrN2O3/c1-20(2)10-14(9-15(24)11-20)22-23-18(25)12-26-17-8-7-13-5-3-4-6-16(13)19(17)21/h3-8,10,22H,9,11-12H2,1-2H3,(H,23,25). The molecule has 0 atom stereocenters. The predicted molar refractivity (Wildman–Crippen MR) is 105 cm³/mol. The van der Waals surface area contributed by atoms with Crippen LogP contribution in [-0.4, -0.2) is 18.3 Å². The highest BCUT2D eigenvalue weighted by atomic mass is 79.9. The summed E-state index contributed by atoms with van der Waals surface area (Å²) in [4.78, 5) is 23.8. The number of carbonyl (C=O) groups is 2. The highest BCUT2D eigenvalue weighted by Crippen LogP contribution is 2.33. The summed E-state index contributed by atoms with van der Waals surface area (Å²) < 4.78 is 6.44. The molecule has 1 aliphatic rings. The molecule has 0 saturated carbocycles. The number of ether oxygens (including phenoxy) is 1. The molecule has 0 spiro atoms. The Morgan fingerprint density at radius 1 is 1.23 bits per heavy atom. The predicted octanol–water partition coefficient (Wildman–Crippen LogP) is 3.87. The number of halogens is 1. The molecule has 26 heavy (non-hydrogen) atoms. The Morgan fingerprint density at radius 2 is 2.00 bits per heavy atom. The van der Waals surface area contributed by atoms with Gasteiger partial charge in [-0.3, -0.25) is 15.0 Å². The van der Waals surface area contributed by atoms with Crippen molar-refractivity contribution in [1.29, 1.82) is 0 Å². The molecule has 2 N–H and O–H groups in total. The van der Waals surface area contributed by atoms with Crippen LogP contribution in [0.2, 0.25) is 0 Å². The van der Waals surface area contributed by atoms with E-state index in [0.29, 0.717) is 24.3 Å². The molecule has 0 aliphatic heterocycles. The highest BCUT2D eigenvalue weighted by molar-refractivity contribution is 9.10. The summed E-state index contributed by atoms with van der Waals surface area (Å²) in [5, 5.41) is 2.12. The van der Waals surface area contributed by atoms with Crippen molar-refractivity contribution in [2.75, 3.05) is 6.61 Å². The van der Waals surface area contributed by atoms with Gasteiger partial charge in [-0.15, -0.1) is 0 Å². The van der Waals surface area contributed by atoms with Crippen LogP contribution in [0.3, 0.4) is 0 Å². The molecule has 0 bridgehead atoms. The van der Waals surface area contributed by atoms with Crippen molar-refractivity contribution in [2.45, 2.75) is 26.7 Å². The lowest BCUT2D eigenvalue weighted by atomic mass is 9.81. The molecule has 2 aromatic carbocycles. The smallest absolute Gasteiger partial charge is 0.276 e. The SMILES string of the molecule is CC1(C)C=C(NNC(=O)COc2ccc3ccccc3c2Br)CC(=O)C1. The number of fused-ring (bicyclic) bond motifs is 1. The van der Waals surface area contributed by atoms with Gasteiger partial charge in [-0.25, -0.2) is 0 Å². The molecular weight excluding hydrogens is 396 g/mol. The number of rotatable bonds is 5. The molecule has 0 unspecified atom stereocenters. The van der Waals surface area contributed by atoms with Crippen LogP contribution in [0.5, 0.6) is 5.75 Å². The van der Waals surface area contributed by atoms with Crippen LogP contribution in [0.1, 0.15) is 26.7 Å². The van der Waals surface area contributed by atoms with Crippen LogP contribution in [0.25, 0.3) is 10.8 Å². The summed E-state index contributed by atoms with van der Waals surface area (Å²) in [6.45, 7) is 3.86. The topological polar surface area (TPSA) is 67.4 Å². The number of carbonyl (C=O) groups excluding carboxylic acids is 2. The van der Waals surface area contributed by atoms with E-state index in [2.05, 4.69) is 26.8 Å². The third-order valence-electron chi connectivity index (χ3n) is 4.15. The Hall–Kier alpha value is -2.34. The van der Waals surface area contributed by atoms with Crippen LogP contribution in [0.15, 0.2) is 52.6 Å². The number of hydrazine groups is 1. The maximum absolute atomic E-state index is 12.1. The third kappa shape index (κ3) is 4.43. The van der Waals surface area contributed by atoms with E-state index in [1.165, 1.54) is 0 Å². The van der Waals surface area contributed by atoms with Crippen LogP contribution in [0.4, 0.5) is 0 Å². The number of hydrogen-bond acceptors (Lipinski definition) is 4. The Bertz CT molecular complexity index is 890. The van der Waals surface area contributed by atoms with Gasteiger partial charge in [-0.2, -0.15) is 0 Å². The van der Waals surface area contributed by atoms with Crippen molar-refractivity contribution in [3.63, 3.8) is 0 Å². The van der Waals surface area contributed by atoms with Gasteiger partial charge < -0.3 is 10.2 Å². The molecule has 2 aromatic rings. The summed E-state index contributed by atoms with van der Waals surface area (Å²) in [5.74, 6) is 0.444. The van der Waals surface area contributed by atoms with Gasteiger partial charge in [0.15, 0.2) is 6.61 Å². The van der Waals surface area contributed by atoms with Gasteiger partial charge >= 0.3 is 0 Å².